The van der Waals surface area contributed by atoms with E-state index in [0.717, 1.165) is 12.2 Å². The first-order valence-electron chi connectivity index (χ1n) is 6.43. The molecule has 106 valence electrons. The summed E-state index contributed by atoms with van der Waals surface area (Å²) in [6, 6.07) is 5.22. The molecule has 1 atom stereocenters. The lowest BCUT2D eigenvalue weighted by Gasteiger charge is -2.31. The molecule has 0 aliphatic carbocycles. The number of anilines is 1. The quantitative estimate of drug-likeness (QED) is 0.868. The summed E-state index contributed by atoms with van der Waals surface area (Å²) in [4.78, 5) is 0.275. The number of nitrogens with zero attached hydrogens (tertiary/aromatic N) is 1. The van der Waals surface area contributed by atoms with Crippen molar-refractivity contribution in [3.8, 4) is 0 Å². The SMILES string of the molecule is CCC1CN(S(=O)(=O)c2c(C)cccc2N)CCS1. The minimum Gasteiger partial charge on any atom is -0.398 e. The van der Waals surface area contributed by atoms with Crippen LogP contribution in [0.15, 0.2) is 23.1 Å². The molecule has 0 aromatic heterocycles. The molecular formula is C13H20N2O2S2. The second-order valence-corrected chi connectivity index (χ2v) is 8.04. The predicted octanol–water partition coefficient (Wildman–Crippen LogP) is 2.09. The minimum atomic E-state index is -3.47. The van der Waals surface area contributed by atoms with Gasteiger partial charge in [-0.2, -0.15) is 16.1 Å². The second-order valence-electron chi connectivity index (χ2n) is 4.76. The molecule has 1 aromatic rings. The van der Waals surface area contributed by atoms with Gasteiger partial charge in [-0.3, -0.25) is 0 Å². The normalized spacial score (nSPS) is 21.5. The summed E-state index contributed by atoms with van der Waals surface area (Å²) in [6.45, 7) is 5.03. The molecule has 1 aliphatic heterocycles. The molecule has 1 saturated heterocycles. The van der Waals surface area contributed by atoms with Crippen LogP contribution in [0, 0.1) is 6.92 Å². The molecule has 4 nitrogen and oxygen atoms in total. The molecule has 0 spiro atoms. The first kappa shape index (κ1) is 14.7. The van der Waals surface area contributed by atoms with E-state index in [4.69, 9.17) is 5.73 Å². The Labute approximate surface area is 119 Å². The Kier molecular flexibility index (Phi) is 4.43. The van der Waals surface area contributed by atoms with Gasteiger partial charge in [-0.05, 0) is 25.0 Å². The molecule has 0 bridgehead atoms. The maximum atomic E-state index is 12.7. The molecule has 0 amide bonds. The summed E-state index contributed by atoms with van der Waals surface area (Å²) in [5.41, 5.74) is 6.92. The van der Waals surface area contributed by atoms with Gasteiger partial charge in [-0.1, -0.05) is 19.1 Å². The molecule has 2 N–H and O–H groups in total. The largest absolute Gasteiger partial charge is 0.398 e. The van der Waals surface area contributed by atoms with Crippen molar-refractivity contribution in [3.63, 3.8) is 0 Å². The summed E-state index contributed by atoms with van der Waals surface area (Å²) in [7, 11) is -3.47. The number of nitrogen functional groups attached to an aromatic ring is 1. The Balaban J connectivity index is 2.37. The minimum absolute atomic E-state index is 0.275. The zero-order chi connectivity index (χ0) is 14.0. The van der Waals surface area contributed by atoms with Crippen LogP contribution in [0.4, 0.5) is 5.69 Å². The molecule has 1 aliphatic rings. The van der Waals surface area contributed by atoms with Crippen molar-refractivity contribution < 1.29 is 8.42 Å². The van der Waals surface area contributed by atoms with Crippen molar-refractivity contribution in [1.82, 2.24) is 4.31 Å². The fraction of sp³-hybridized carbons (Fsp3) is 0.538. The molecule has 2 rings (SSSR count). The Morgan fingerprint density at radius 3 is 2.84 bits per heavy atom. The van der Waals surface area contributed by atoms with Crippen LogP contribution in [-0.4, -0.2) is 36.8 Å². The lowest BCUT2D eigenvalue weighted by Crippen LogP contribution is -2.42. The highest BCUT2D eigenvalue weighted by molar-refractivity contribution is 8.00. The summed E-state index contributed by atoms with van der Waals surface area (Å²) in [5, 5.41) is 0.383. The highest BCUT2D eigenvalue weighted by Gasteiger charge is 2.32. The average Bonchev–Trinajstić information content (AvgIpc) is 2.38. The van der Waals surface area contributed by atoms with Crippen LogP contribution in [0.1, 0.15) is 18.9 Å². The lowest BCUT2D eigenvalue weighted by molar-refractivity contribution is 0.416. The predicted molar refractivity (Wildman–Crippen MR) is 80.9 cm³/mol. The van der Waals surface area contributed by atoms with Crippen LogP contribution in [-0.2, 0) is 10.0 Å². The van der Waals surface area contributed by atoms with Gasteiger partial charge in [-0.25, -0.2) is 8.42 Å². The van der Waals surface area contributed by atoms with Gasteiger partial charge in [0.2, 0.25) is 10.0 Å². The van der Waals surface area contributed by atoms with Crippen molar-refractivity contribution in [3.05, 3.63) is 23.8 Å². The number of aryl methyl sites for hydroxylation is 1. The molecule has 1 fully saturated rings. The summed E-state index contributed by atoms with van der Waals surface area (Å²) < 4.78 is 27.0. The molecule has 1 unspecified atom stereocenters. The fourth-order valence-corrected chi connectivity index (χ4v) is 5.51. The zero-order valence-electron chi connectivity index (χ0n) is 11.3. The number of nitrogens with two attached hydrogens (primary N) is 1. The third-order valence-electron chi connectivity index (χ3n) is 3.40. The number of thioether (sulfide) groups is 1. The van der Waals surface area contributed by atoms with E-state index in [0.29, 0.717) is 29.6 Å². The Morgan fingerprint density at radius 1 is 1.47 bits per heavy atom. The highest BCUT2D eigenvalue weighted by atomic mass is 32.2. The maximum Gasteiger partial charge on any atom is 0.245 e. The third-order valence-corrected chi connectivity index (χ3v) is 6.85. The van der Waals surface area contributed by atoms with Gasteiger partial charge in [0.25, 0.3) is 0 Å². The van der Waals surface area contributed by atoms with Crippen LogP contribution in [0.5, 0.6) is 0 Å². The molecule has 19 heavy (non-hydrogen) atoms. The molecule has 0 radical (unpaired) electrons. The zero-order valence-corrected chi connectivity index (χ0v) is 12.9. The standard InChI is InChI=1S/C13H20N2O2S2/c1-3-11-9-15(7-8-18-11)19(16,17)13-10(2)5-4-6-12(13)14/h4-6,11H,3,7-9,14H2,1-2H3. The maximum absolute atomic E-state index is 12.7. The third kappa shape index (κ3) is 2.90. The Morgan fingerprint density at radius 2 is 2.21 bits per heavy atom. The number of sulfonamides is 1. The van der Waals surface area contributed by atoms with Crippen molar-refractivity contribution in [2.24, 2.45) is 0 Å². The average molecular weight is 300 g/mol. The Bertz CT molecular complexity index is 538. The van der Waals surface area contributed by atoms with Crippen LogP contribution >= 0.6 is 11.8 Å². The van der Waals surface area contributed by atoms with Gasteiger partial charge in [0.05, 0.1) is 5.69 Å². The van der Waals surface area contributed by atoms with Crippen molar-refractivity contribution in [2.45, 2.75) is 30.4 Å². The van der Waals surface area contributed by atoms with E-state index in [2.05, 4.69) is 6.92 Å². The number of rotatable bonds is 3. The number of hydrogen-bond donors (Lipinski definition) is 1. The van der Waals surface area contributed by atoms with Crippen molar-refractivity contribution >= 4 is 27.5 Å². The van der Waals surface area contributed by atoms with Gasteiger partial charge in [-0.15, -0.1) is 0 Å². The summed E-state index contributed by atoms with van der Waals surface area (Å²) in [6.07, 6.45) is 0.986. The van der Waals surface area contributed by atoms with Gasteiger partial charge < -0.3 is 5.73 Å². The number of hydrogen-bond acceptors (Lipinski definition) is 4. The molecule has 6 heteroatoms. The van der Waals surface area contributed by atoms with Gasteiger partial charge >= 0.3 is 0 Å². The van der Waals surface area contributed by atoms with E-state index in [-0.39, 0.29) is 4.90 Å². The lowest BCUT2D eigenvalue weighted by atomic mass is 10.2. The van der Waals surface area contributed by atoms with E-state index in [1.54, 1.807) is 29.4 Å². The fourth-order valence-electron chi connectivity index (χ4n) is 2.31. The van der Waals surface area contributed by atoms with E-state index >= 15 is 0 Å². The first-order chi connectivity index (χ1) is 8.96. The van der Waals surface area contributed by atoms with Gasteiger partial charge in [0.15, 0.2) is 0 Å². The smallest absolute Gasteiger partial charge is 0.245 e. The molecular weight excluding hydrogens is 280 g/mol. The van der Waals surface area contributed by atoms with Gasteiger partial charge in [0, 0.05) is 24.1 Å². The molecule has 1 aromatic carbocycles. The van der Waals surface area contributed by atoms with Crippen molar-refractivity contribution in [1.29, 1.82) is 0 Å². The highest BCUT2D eigenvalue weighted by Crippen LogP contribution is 2.30. The van der Waals surface area contributed by atoms with Crippen LogP contribution in [0.3, 0.4) is 0 Å². The van der Waals surface area contributed by atoms with Crippen molar-refractivity contribution in [2.75, 3.05) is 24.6 Å². The summed E-state index contributed by atoms with van der Waals surface area (Å²) >= 11 is 1.85. The molecule has 0 saturated carbocycles. The van der Waals surface area contributed by atoms with E-state index in [1.807, 2.05) is 11.8 Å². The van der Waals surface area contributed by atoms with Crippen LogP contribution < -0.4 is 5.73 Å². The first-order valence-corrected chi connectivity index (χ1v) is 8.92. The van der Waals surface area contributed by atoms with E-state index < -0.39 is 10.0 Å². The number of benzene rings is 1. The monoisotopic (exact) mass is 300 g/mol. The Hall–Kier alpha value is -0.720. The van der Waals surface area contributed by atoms with E-state index in [9.17, 15) is 8.42 Å². The second kappa shape index (κ2) is 5.73. The van der Waals surface area contributed by atoms with E-state index in [1.165, 1.54) is 0 Å². The van der Waals surface area contributed by atoms with Crippen LogP contribution in [0.25, 0.3) is 0 Å². The van der Waals surface area contributed by atoms with Crippen LogP contribution in [0.2, 0.25) is 0 Å². The van der Waals surface area contributed by atoms with Gasteiger partial charge in [0.1, 0.15) is 4.90 Å². The summed E-state index contributed by atoms with van der Waals surface area (Å²) in [5.74, 6) is 0.851. The molecule has 1 heterocycles. The topological polar surface area (TPSA) is 63.4 Å².